The number of rotatable bonds is 4. The van der Waals surface area contributed by atoms with E-state index in [1.165, 1.54) is 49.3 Å². The number of hydrogen-bond acceptors (Lipinski definition) is 3. The number of pyridine rings is 1. The van der Waals surface area contributed by atoms with Crippen molar-refractivity contribution >= 4 is 5.82 Å². The van der Waals surface area contributed by atoms with E-state index < -0.39 is 0 Å². The average molecular weight is 259 g/mol. The van der Waals surface area contributed by atoms with Crippen LogP contribution in [-0.4, -0.2) is 30.2 Å². The van der Waals surface area contributed by atoms with Crippen molar-refractivity contribution in [2.75, 3.05) is 18.0 Å². The lowest BCUT2D eigenvalue weighted by Crippen LogP contribution is -2.41. The van der Waals surface area contributed by atoms with E-state index in [-0.39, 0.29) is 0 Å². The first kappa shape index (κ1) is 12.9. The molecule has 1 aromatic rings. The molecule has 0 bridgehead atoms. The van der Waals surface area contributed by atoms with Crippen LogP contribution >= 0.6 is 0 Å². The molecule has 1 aromatic heterocycles. The van der Waals surface area contributed by atoms with Gasteiger partial charge in [-0.25, -0.2) is 4.98 Å². The van der Waals surface area contributed by atoms with E-state index in [1.54, 1.807) is 0 Å². The molecule has 3 heteroatoms. The van der Waals surface area contributed by atoms with Crippen LogP contribution in [0, 0.1) is 0 Å². The Bertz CT molecular complexity index is 436. The molecule has 1 aliphatic heterocycles. The Balaban J connectivity index is 1.79. The second-order valence-electron chi connectivity index (χ2n) is 6.17. The summed E-state index contributed by atoms with van der Waals surface area (Å²) in [7, 11) is 0. The highest BCUT2D eigenvalue weighted by atomic mass is 15.2. The van der Waals surface area contributed by atoms with Crippen molar-refractivity contribution in [1.29, 1.82) is 0 Å². The third kappa shape index (κ3) is 2.76. The van der Waals surface area contributed by atoms with Gasteiger partial charge in [0.15, 0.2) is 0 Å². The number of nitrogens with one attached hydrogen (secondary N) is 1. The Kier molecular flexibility index (Phi) is 3.74. The molecule has 1 fully saturated rings. The van der Waals surface area contributed by atoms with Crippen molar-refractivity contribution < 1.29 is 0 Å². The number of fused-ring (bicyclic) bond motifs is 1. The molecule has 0 aromatic carbocycles. The van der Waals surface area contributed by atoms with Gasteiger partial charge in [-0.2, -0.15) is 0 Å². The summed E-state index contributed by atoms with van der Waals surface area (Å²) in [5, 5.41) is 3.59. The lowest BCUT2D eigenvalue weighted by Gasteiger charge is -2.31. The fourth-order valence-electron chi connectivity index (χ4n) is 3.29. The third-order valence-corrected chi connectivity index (χ3v) is 4.41. The van der Waals surface area contributed by atoms with Gasteiger partial charge in [0.2, 0.25) is 0 Å². The van der Waals surface area contributed by atoms with Gasteiger partial charge in [0.05, 0.1) is 0 Å². The van der Waals surface area contributed by atoms with Crippen molar-refractivity contribution in [1.82, 2.24) is 10.3 Å². The average Bonchev–Trinajstić information content (AvgIpc) is 3.05. The van der Waals surface area contributed by atoms with Gasteiger partial charge in [-0.1, -0.05) is 6.07 Å². The van der Waals surface area contributed by atoms with Gasteiger partial charge < -0.3 is 10.2 Å². The fraction of sp³-hybridized carbons (Fsp3) is 0.688. The second-order valence-corrected chi connectivity index (χ2v) is 6.17. The Hall–Kier alpha value is -1.09. The first-order valence-corrected chi connectivity index (χ1v) is 7.73. The molecular formula is C16H25N3. The normalized spacial score (nSPS) is 21.9. The van der Waals surface area contributed by atoms with Crippen LogP contribution in [0.5, 0.6) is 0 Å². The van der Waals surface area contributed by atoms with Gasteiger partial charge in [-0.05, 0) is 64.1 Å². The number of anilines is 1. The van der Waals surface area contributed by atoms with Crippen LogP contribution in [0.1, 0.15) is 44.4 Å². The van der Waals surface area contributed by atoms with Gasteiger partial charge in [0, 0.05) is 24.3 Å². The summed E-state index contributed by atoms with van der Waals surface area (Å²) in [5.74, 6) is 1.17. The topological polar surface area (TPSA) is 28.2 Å². The number of aryl methyl sites for hydroxylation is 2. The summed E-state index contributed by atoms with van der Waals surface area (Å²) >= 11 is 0. The molecule has 0 amide bonds. The Morgan fingerprint density at radius 3 is 2.95 bits per heavy atom. The minimum atomic E-state index is 0.509. The van der Waals surface area contributed by atoms with Gasteiger partial charge in [-0.15, -0.1) is 0 Å². The van der Waals surface area contributed by atoms with Gasteiger partial charge in [-0.3, -0.25) is 0 Å². The summed E-state index contributed by atoms with van der Waals surface area (Å²) in [6, 6.07) is 5.66. The van der Waals surface area contributed by atoms with Crippen LogP contribution in [0.2, 0.25) is 0 Å². The first-order valence-electron chi connectivity index (χ1n) is 7.73. The van der Waals surface area contributed by atoms with Crippen LogP contribution in [0.4, 0.5) is 5.82 Å². The van der Waals surface area contributed by atoms with Crippen molar-refractivity contribution in [3.05, 3.63) is 23.4 Å². The minimum absolute atomic E-state index is 0.509. The van der Waals surface area contributed by atoms with Gasteiger partial charge in [0.1, 0.15) is 5.82 Å². The van der Waals surface area contributed by atoms with Crippen LogP contribution in [0.25, 0.3) is 0 Å². The fourth-order valence-corrected chi connectivity index (χ4v) is 3.29. The molecule has 2 aliphatic rings. The SMILES string of the molecule is CC(C)N(CC1CCCN1)c1ccc2c(n1)CCC2. The maximum absolute atomic E-state index is 4.92. The lowest BCUT2D eigenvalue weighted by atomic mass is 10.1. The van der Waals surface area contributed by atoms with Crippen molar-refractivity contribution in [3.8, 4) is 0 Å². The molecule has 104 valence electrons. The molecule has 1 unspecified atom stereocenters. The highest BCUT2D eigenvalue weighted by Crippen LogP contribution is 2.25. The van der Waals surface area contributed by atoms with E-state index in [0.717, 1.165) is 13.0 Å². The van der Waals surface area contributed by atoms with Crippen molar-refractivity contribution in [2.45, 2.75) is 58.0 Å². The minimum Gasteiger partial charge on any atom is -0.353 e. The van der Waals surface area contributed by atoms with Crippen LogP contribution in [-0.2, 0) is 12.8 Å². The summed E-state index contributed by atoms with van der Waals surface area (Å²) < 4.78 is 0. The van der Waals surface area contributed by atoms with E-state index in [2.05, 4.69) is 36.2 Å². The standard InChI is InChI=1S/C16H25N3/c1-12(2)19(11-14-6-4-10-17-14)16-9-8-13-5-3-7-15(13)18-16/h8-9,12,14,17H,3-7,10-11H2,1-2H3. The number of nitrogens with zero attached hydrogens (tertiary/aromatic N) is 2. The van der Waals surface area contributed by atoms with E-state index in [0.29, 0.717) is 12.1 Å². The van der Waals surface area contributed by atoms with E-state index in [9.17, 15) is 0 Å². The molecule has 3 nitrogen and oxygen atoms in total. The quantitative estimate of drug-likeness (QED) is 0.900. The molecule has 1 aliphatic carbocycles. The Labute approximate surface area is 116 Å². The summed E-state index contributed by atoms with van der Waals surface area (Å²) in [5.41, 5.74) is 2.80. The highest BCUT2D eigenvalue weighted by Gasteiger charge is 2.22. The zero-order valence-electron chi connectivity index (χ0n) is 12.2. The monoisotopic (exact) mass is 259 g/mol. The second kappa shape index (κ2) is 5.49. The Morgan fingerprint density at radius 2 is 2.21 bits per heavy atom. The number of hydrogen-bond donors (Lipinski definition) is 1. The predicted octanol–water partition coefficient (Wildman–Crippen LogP) is 2.54. The molecule has 2 heterocycles. The summed E-state index contributed by atoms with van der Waals surface area (Å²) in [4.78, 5) is 7.37. The van der Waals surface area contributed by atoms with Crippen molar-refractivity contribution in [2.24, 2.45) is 0 Å². The molecular weight excluding hydrogens is 234 g/mol. The van der Waals surface area contributed by atoms with Crippen molar-refractivity contribution in [3.63, 3.8) is 0 Å². The van der Waals surface area contributed by atoms with E-state index in [4.69, 9.17) is 4.98 Å². The molecule has 19 heavy (non-hydrogen) atoms. The summed E-state index contributed by atoms with van der Waals surface area (Å²) in [6.45, 7) is 6.80. The number of aromatic nitrogens is 1. The van der Waals surface area contributed by atoms with Crippen LogP contribution in [0.15, 0.2) is 12.1 Å². The smallest absolute Gasteiger partial charge is 0.129 e. The third-order valence-electron chi connectivity index (χ3n) is 4.41. The lowest BCUT2D eigenvalue weighted by molar-refractivity contribution is 0.548. The maximum Gasteiger partial charge on any atom is 0.129 e. The zero-order valence-corrected chi connectivity index (χ0v) is 12.2. The molecule has 0 radical (unpaired) electrons. The van der Waals surface area contributed by atoms with Gasteiger partial charge >= 0.3 is 0 Å². The molecule has 3 rings (SSSR count). The predicted molar refractivity (Wildman–Crippen MR) is 79.8 cm³/mol. The molecule has 1 atom stereocenters. The molecule has 1 saturated heterocycles. The highest BCUT2D eigenvalue weighted by molar-refractivity contribution is 5.44. The van der Waals surface area contributed by atoms with Crippen LogP contribution in [0.3, 0.4) is 0 Å². The molecule has 1 N–H and O–H groups in total. The van der Waals surface area contributed by atoms with Crippen LogP contribution < -0.4 is 10.2 Å². The summed E-state index contributed by atoms with van der Waals surface area (Å²) in [6.07, 6.45) is 6.27. The van der Waals surface area contributed by atoms with Gasteiger partial charge in [0.25, 0.3) is 0 Å². The maximum atomic E-state index is 4.92. The first-order chi connectivity index (χ1) is 9.24. The van der Waals surface area contributed by atoms with E-state index >= 15 is 0 Å². The molecule has 0 saturated carbocycles. The Morgan fingerprint density at radius 1 is 1.32 bits per heavy atom. The zero-order chi connectivity index (χ0) is 13.2. The largest absolute Gasteiger partial charge is 0.353 e. The molecule has 0 spiro atoms. The van der Waals surface area contributed by atoms with E-state index in [1.807, 2.05) is 0 Å².